The summed E-state index contributed by atoms with van der Waals surface area (Å²) >= 11 is 0. The highest BCUT2D eigenvalue weighted by molar-refractivity contribution is 5.70. The monoisotopic (exact) mass is 235 g/mol. The maximum atomic E-state index is 8.78. The summed E-state index contributed by atoms with van der Waals surface area (Å²) in [7, 11) is 0. The Morgan fingerprint density at radius 1 is 1.28 bits per heavy atom. The molecule has 0 bridgehead atoms. The van der Waals surface area contributed by atoms with Crippen LogP contribution in [0.3, 0.4) is 0 Å². The van der Waals surface area contributed by atoms with E-state index in [0.29, 0.717) is 11.7 Å². The maximum absolute atomic E-state index is 8.78. The van der Waals surface area contributed by atoms with Crippen molar-refractivity contribution in [3.63, 3.8) is 0 Å². The second-order valence-corrected chi connectivity index (χ2v) is 4.57. The highest BCUT2D eigenvalue weighted by Crippen LogP contribution is 2.37. The van der Waals surface area contributed by atoms with E-state index in [2.05, 4.69) is 41.1 Å². The molecule has 0 N–H and O–H groups in total. The van der Waals surface area contributed by atoms with Gasteiger partial charge in [-0.15, -0.1) is 0 Å². The van der Waals surface area contributed by atoms with Crippen molar-refractivity contribution < 1.29 is 0 Å². The molecule has 1 aliphatic heterocycles. The van der Waals surface area contributed by atoms with Gasteiger partial charge in [0.25, 0.3) is 0 Å². The molecule has 3 nitrogen and oxygen atoms in total. The first-order valence-corrected chi connectivity index (χ1v) is 6.03. The molecule has 88 valence electrons. The lowest BCUT2D eigenvalue weighted by Crippen LogP contribution is -2.23. The molecule has 1 aromatic carbocycles. The van der Waals surface area contributed by atoms with Gasteiger partial charge in [-0.05, 0) is 37.1 Å². The van der Waals surface area contributed by atoms with E-state index in [1.165, 1.54) is 11.3 Å². The third-order valence-electron chi connectivity index (χ3n) is 3.35. The van der Waals surface area contributed by atoms with Crippen LogP contribution in [0.2, 0.25) is 0 Å². The Labute approximate surface area is 106 Å². The van der Waals surface area contributed by atoms with Crippen molar-refractivity contribution >= 4 is 11.4 Å². The number of nitriles is 1. The highest BCUT2D eigenvalue weighted by atomic mass is 15.2. The Balaban J connectivity index is 2.04. The van der Waals surface area contributed by atoms with Crippen LogP contribution in [0.15, 0.2) is 42.6 Å². The fourth-order valence-electron chi connectivity index (χ4n) is 2.55. The summed E-state index contributed by atoms with van der Waals surface area (Å²) in [5, 5.41) is 8.78. The number of nitrogens with zero attached hydrogens (tertiary/aromatic N) is 3. The van der Waals surface area contributed by atoms with Gasteiger partial charge in [-0.3, -0.25) is 0 Å². The summed E-state index contributed by atoms with van der Waals surface area (Å²) in [4.78, 5) is 6.43. The van der Waals surface area contributed by atoms with E-state index in [9.17, 15) is 0 Å². The normalized spacial score (nSPS) is 17.3. The Morgan fingerprint density at radius 2 is 2.11 bits per heavy atom. The molecular weight excluding hydrogens is 222 g/mol. The molecule has 0 saturated heterocycles. The number of hydrogen-bond donors (Lipinski definition) is 0. The molecule has 0 amide bonds. The predicted molar refractivity (Wildman–Crippen MR) is 70.7 cm³/mol. The first-order valence-electron chi connectivity index (χ1n) is 6.03. The molecule has 3 rings (SSSR count). The number of anilines is 2. The van der Waals surface area contributed by atoms with E-state index < -0.39 is 0 Å². The van der Waals surface area contributed by atoms with Crippen LogP contribution >= 0.6 is 0 Å². The van der Waals surface area contributed by atoms with Crippen LogP contribution in [0.1, 0.15) is 18.2 Å². The average Bonchev–Trinajstić information content (AvgIpc) is 2.75. The zero-order valence-electron chi connectivity index (χ0n) is 10.2. The van der Waals surface area contributed by atoms with Gasteiger partial charge < -0.3 is 4.90 Å². The molecule has 1 aromatic heterocycles. The van der Waals surface area contributed by atoms with Crippen LogP contribution in [0.25, 0.3) is 0 Å². The lowest BCUT2D eigenvalue weighted by atomic mass is 10.1. The summed E-state index contributed by atoms with van der Waals surface area (Å²) < 4.78 is 0. The fraction of sp³-hybridized carbons (Fsp3) is 0.200. The summed E-state index contributed by atoms with van der Waals surface area (Å²) in [5.74, 6) is 0. The van der Waals surface area contributed by atoms with Crippen LogP contribution in [-0.2, 0) is 6.42 Å². The molecule has 2 heterocycles. The van der Waals surface area contributed by atoms with E-state index in [1.807, 2.05) is 12.1 Å². The van der Waals surface area contributed by atoms with Gasteiger partial charge in [0, 0.05) is 11.7 Å². The van der Waals surface area contributed by atoms with Gasteiger partial charge in [0.05, 0.1) is 11.9 Å². The van der Waals surface area contributed by atoms with Crippen LogP contribution in [-0.4, -0.2) is 11.0 Å². The zero-order chi connectivity index (χ0) is 12.5. The molecule has 2 aromatic rings. The van der Waals surface area contributed by atoms with Gasteiger partial charge in [0.15, 0.2) is 0 Å². The smallest absolute Gasteiger partial charge is 0.140 e. The van der Waals surface area contributed by atoms with Crippen molar-refractivity contribution in [1.29, 1.82) is 5.26 Å². The first-order chi connectivity index (χ1) is 8.79. The third-order valence-corrected chi connectivity index (χ3v) is 3.35. The number of pyridine rings is 1. The number of benzene rings is 1. The number of rotatable bonds is 1. The summed E-state index contributed by atoms with van der Waals surface area (Å²) in [6.45, 7) is 2.21. The number of fused-ring (bicyclic) bond motifs is 1. The molecule has 0 aliphatic carbocycles. The average molecular weight is 235 g/mol. The summed E-state index contributed by atoms with van der Waals surface area (Å²) in [6, 6.07) is 14.6. The van der Waals surface area contributed by atoms with Crippen LogP contribution < -0.4 is 4.90 Å². The Hall–Kier alpha value is -2.34. The number of aromatic nitrogens is 1. The fourth-order valence-corrected chi connectivity index (χ4v) is 2.55. The lowest BCUT2D eigenvalue weighted by Gasteiger charge is -2.24. The number of para-hydroxylation sites is 1. The zero-order valence-corrected chi connectivity index (χ0v) is 10.2. The van der Waals surface area contributed by atoms with Crippen molar-refractivity contribution in [2.45, 2.75) is 19.4 Å². The van der Waals surface area contributed by atoms with Crippen LogP contribution in [0.4, 0.5) is 11.4 Å². The van der Waals surface area contributed by atoms with E-state index >= 15 is 0 Å². The lowest BCUT2D eigenvalue weighted by molar-refractivity contribution is 0.757. The van der Waals surface area contributed by atoms with E-state index in [-0.39, 0.29) is 0 Å². The third kappa shape index (κ3) is 1.63. The van der Waals surface area contributed by atoms with E-state index in [4.69, 9.17) is 5.26 Å². The molecule has 0 spiro atoms. The molecule has 18 heavy (non-hydrogen) atoms. The van der Waals surface area contributed by atoms with Crippen molar-refractivity contribution in [3.8, 4) is 6.07 Å². The quantitative estimate of drug-likeness (QED) is 0.762. The highest BCUT2D eigenvalue weighted by Gasteiger charge is 2.26. The minimum atomic E-state index is 0.428. The standard InChI is InChI=1S/C15H13N3/c1-11-8-12-4-2-3-5-15(12)18(11)14-7-6-13(9-16)17-10-14/h2-7,10-11H,8H2,1H3. The summed E-state index contributed by atoms with van der Waals surface area (Å²) in [5.41, 5.74) is 4.12. The van der Waals surface area contributed by atoms with Crippen molar-refractivity contribution in [2.75, 3.05) is 4.90 Å². The molecule has 0 fully saturated rings. The van der Waals surface area contributed by atoms with Crippen molar-refractivity contribution in [3.05, 3.63) is 53.9 Å². The largest absolute Gasteiger partial charge is 0.337 e. The van der Waals surface area contributed by atoms with E-state index in [1.54, 1.807) is 12.3 Å². The van der Waals surface area contributed by atoms with E-state index in [0.717, 1.165) is 12.1 Å². The van der Waals surface area contributed by atoms with Gasteiger partial charge in [0.1, 0.15) is 11.8 Å². The minimum Gasteiger partial charge on any atom is -0.337 e. The van der Waals surface area contributed by atoms with Gasteiger partial charge in [-0.2, -0.15) is 5.26 Å². The second kappa shape index (κ2) is 4.15. The topological polar surface area (TPSA) is 39.9 Å². The van der Waals surface area contributed by atoms with Crippen molar-refractivity contribution in [1.82, 2.24) is 4.98 Å². The Morgan fingerprint density at radius 3 is 2.83 bits per heavy atom. The van der Waals surface area contributed by atoms with Crippen LogP contribution in [0, 0.1) is 11.3 Å². The van der Waals surface area contributed by atoms with Gasteiger partial charge in [-0.1, -0.05) is 18.2 Å². The molecule has 1 unspecified atom stereocenters. The molecule has 1 atom stereocenters. The Kier molecular flexibility index (Phi) is 2.49. The predicted octanol–water partition coefficient (Wildman–Crippen LogP) is 3.04. The summed E-state index contributed by atoms with van der Waals surface area (Å²) in [6.07, 6.45) is 2.83. The first kappa shape index (κ1) is 10.8. The maximum Gasteiger partial charge on any atom is 0.140 e. The van der Waals surface area contributed by atoms with Gasteiger partial charge in [-0.25, -0.2) is 4.98 Å². The molecule has 0 saturated carbocycles. The SMILES string of the molecule is CC1Cc2ccccc2N1c1ccc(C#N)nc1. The van der Waals surface area contributed by atoms with Crippen LogP contribution in [0.5, 0.6) is 0 Å². The minimum absolute atomic E-state index is 0.428. The molecule has 1 aliphatic rings. The second-order valence-electron chi connectivity index (χ2n) is 4.57. The van der Waals surface area contributed by atoms with Crippen molar-refractivity contribution in [2.24, 2.45) is 0 Å². The molecular formula is C15H13N3. The molecule has 0 radical (unpaired) electrons. The van der Waals surface area contributed by atoms with Gasteiger partial charge in [0.2, 0.25) is 0 Å². The van der Waals surface area contributed by atoms with Gasteiger partial charge >= 0.3 is 0 Å². The number of hydrogen-bond acceptors (Lipinski definition) is 3. The molecule has 3 heteroatoms. The Bertz CT molecular complexity index is 610.